The number of carbonyl (C=O) groups excluding carboxylic acids is 3. The van der Waals surface area contributed by atoms with Gasteiger partial charge in [0, 0.05) is 12.2 Å². The summed E-state index contributed by atoms with van der Waals surface area (Å²) >= 11 is 0. The average Bonchev–Trinajstić information content (AvgIpc) is 2.80. The fourth-order valence-electron chi connectivity index (χ4n) is 1.74. The topological polar surface area (TPSA) is 101 Å². The molecule has 0 unspecified atom stereocenters. The lowest BCUT2D eigenvalue weighted by Gasteiger charge is -2.13. The number of ether oxygens (including phenoxy) is 1. The molecule has 0 saturated heterocycles. The number of carboxylic acids is 1. The molecule has 0 radical (unpaired) electrons. The van der Waals surface area contributed by atoms with Gasteiger partial charge < -0.3 is 9.84 Å². The summed E-state index contributed by atoms with van der Waals surface area (Å²) in [5, 5.41) is 7.60. The quantitative estimate of drug-likeness (QED) is 0.498. The van der Waals surface area contributed by atoms with Crippen molar-refractivity contribution >= 4 is 23.8 Å². The molecule has 0 bridgehead atoms. The zero-order valence-electron chi connectivity index (χ0n) is 12.2. The van der Waals surface area contributed by atoms with Crippen molar-refractivity contribution in [2.45, 2.75) is 0 Å². The molecule has 7 heteroatoms. The minimum absolute atomic E-state index is 0.0314. The van der Waals surface area contributed by atoms with Gasteiger partial charge in [-0.05, 0) is 12.1 Å². The number of aliphatic carboxylic acids is 1. The van der Waals surface area contributed by atoms with Gasteiger partial charge >= 0.3 is 11.9 Å². The van der Waals surface area contributed by atoms with E-state index in [1.807, 2.05) is 0 Å². The van der Waals surface area contributed by atoms with E-state index in [2.05, 4.69) is 13.2 Å². The van der Waals surface area contributed by atoms with E-state index in [4.69, 9.17) is 9.84 Å². The summed E-state index contributed by atoms with van der Waals surface area (Å²) in [6.45, 7) is 6.23. The second kappa shape index (κ2) is 8.28. The summed E-state index contributed by atoms with van der Waals surface area (Å²) in [6, 6.07) is 6.60. The number of hydrogen-bond acceptors (Lipinski definition) is 5. The van der Waals surface area contributed by atoms with Crippen LogP contribution in [0.2, 0.25) is 0 Å². The smallest absolute Gasteiger partial charge is 0.330 e. The summed E-state index contributed by atoms with van der Waals surface area (Å²) in [6.07, 6.45) is 1.86. The number of rotatable bonds is 5. The van der Waals surface area contributed by atoms with Crippen molar-refractivity contribution in [1.29, 1.82) is 0 Å². The third-order valence-corrected chi connectivity index (χ3v) is 2.78. The Labute approximate surface area is 132 Å². The first-order valence-corrected chi connectivity index (χ1v) is 6.52. The molecular weight excluding hydrogens is 302 g/mol. The van der Waals surface area contributed by atoms with Gasteiger partial charge in [0.15, 0.2) is 0 Å². The molecule has 0 aromatic heterocycles. The van der Waals surface area contributed by atoms with Crippen LogP contribution in [0.25, 0.3) is 0 Å². The van der Waals surface area contributed by atoms with Gasteiger partial charge in [-0.15, -0.1) is 0 Å². The molecule has 0 spiro atoms. The molecule has 0 aliphatic carbocycles. The zero-order chi connectivity index (χ0) is 17.4. The van der Waals surface area contributed by atoms with Crippen LogP contribution in [0.3, 0.4) is 0 Å². The van der Waals surface area contributed by atoms with Crippen LogP contribution in [0.15, 0.2) is 49.6 Å². The van der Waals surface area contributed by atoms with E-state index in [1.165, 1.54) is 0 Å². The number of nitrogens with zero attached hydrogens (tertiary/aromatic N) is 1. The van der Waals surface area contributed by atoms with Crippen molar-refractivity contribution in [3.05, 3.63) is 60.7 Å². The van der Waals surface area contributed by atoms with E-state index in [9.17, 15) is 19.2 Å². The van der Waals surface area contributed by atoms with Gasteiger partial charge in [0.05, 0.1) is 17.7 Å². The molecule has 0 fully saturated rings. The van der Waals surface area contributed by atoms with E-state index >= 15 is 0 Å². The zero-order valence-corrected chi connectivity index (χ0v) is 12.2. The van der Waals surface area contributed by atoms with Crippen LogP contribution < -0.4 is 0 Å². The SMILES string of the molecule is C=CC(=O)O.C=CC(=O)OCCN1C(=O)c2ccccc2C1=O. The highest BCUT2D eigenvalue weighted by molar-refractivity contribution is 6.21. The highest BCUT2D eigenvalue weighted by atomic mass is 16.5. The highest BCUT2D eigenvalue weighted by Crippen LogP contribution is 2.21. The van der Waals surface area contributed by atoms with E-state index < -0.39 is 11.9 Å². The van der Waals surface area contributed by atoms with Gasteiger partial charge in [0.2, 0.25) is 0 Å². The van der Waals surface area contributed by atoms with Crippen LogP contribution in [-0.2, 0) is 14.3 Å². The van der Waals surface area contributed by atoms with Crippen molar-refractivity contribution in [2.75, 3.05) is 13.2 Å². The lowest BCUT2D eigenvalue weighted by atomic mass is 10.1. The van der Waals surface area contributed by atoms with E-state index in [1.54, 1.807) is 24.3 Å². The van der Waals surface area contributed by atoms with Crippen LogP contribution in [0.5, 0.6) is 0 Å². The number of esters is 1. The van der Waals surface area contributed by atoms with Gasteiger partial charge in [0.25, 0.3) is 11.8 Å². The Morgan fingerprint density at radius 2 is 1.57 bits per heavy atom. The van der Waals surface area contributed by atoms with Crippen molar-refractivity contribution in [3.63, 3.8) is 0 Å². The van der Waals surface area contributed by atoms with Gasteiger partial charge in [-0.25, -0.2) is 9.59 Å². The number of imide groups is 1. The molecule has 2 amide bonds. The molecule has 2 rings (SSSR count). The molecule has 1 aliphatic heterocycles. The third-order valence-electron chi connectivity index (χ3n) is 2.78. The molecule has 7 nitrogen and oxygen atoms in total. The second-order valence-corrected chi connectivity index (χ2v) is 4.22. The molecule has 1 heterocycles. The first-order chi connectivity index (χ1) is 10.9. The fraction of sp³-hybridized carbons (Fsp3) is 0.125. The normalized spacial score (nSPS) is 11.9. The van der Waals surface area contributed by atoms with Crippen LogP contribution in [0, 0.1) is 0 Å². The van der Waals surface area contributed by atoms with Gasteiger partial charge in [-0.3, -0.25) is 14.5 Å². The predicted molar refractivity (Wildman–Crippen MR) is 80.8 cm³/mol. The lowest BCUT2D eigenvalue weighted by molar-refractivity contribution is -0.138. The van der Waals surface area contributed by atoms with Gasteiger partial charge in [-0.1, -0.05) is 25.3 Å². The lowest BCUT2D eigenvalue weighted by Crippen LogP contribution is -2.33. The van der Waals surface area contributed by atoms with Crippen molar-refractivity contribution in [2.24, 2.45) is 0 Å². The standard InChI is InChI=1S/C13H11NO4.C3H4O2/c1-2-11(15)18-8-7-14-12(16)9-5-3-4-6-10(9)13(14)17;1-2-3(4)5/h2-6H,1,7-8H2;2H,1H2,(H,4,5). The molecule has 1 N–H and O–H groups in total. The Hall–Kier alpha value is -3.22. The first kappa shape index (κ1) is 17.8. The maximum absolute atomic E-state index is 11.9. The summed E-state index contributed by atoms with van der Waals surface area (Å²) in [5.74, 6) is -2.27. The minimum Gasteiger partial charge on any atom is -0.478 e. The van der Waals surface area contributed by atoms with Crippen LogP contribution in [0.1, 0.15) is 20.7 Å². The van der Waals surface area contributed by atoms with E-state index in [0.717, 1.165) is 17.1 Å². The Morgan fingerprint density at radius 1 is 1.09 bits per heavy atom. The van der Waals surface area contributed by atoms with Crippen LogP contribution in [0.4, 0.5) is 0 Å². The van der Waals surface area contributed by atoms with Gasteiger partial charge in [-0.2, -0.15) is 0 Å². The third kappa shape index (κ3) is 4.63. The Kier molecular flexibility index (Phi) is 6.42. The number of hydrogen-bond donors (Lipinski definition) is 1. The summed E-state index contributed by atoms with van der Waals surface area (Å²) in [4.78, 5) is 45.0. The molecule has 120 valence electrons. The van der Waals surface area contributed by atoms with Crippen LogP contribution in [-0.4, -0.2) is 46.9 Å². The largest absolute Gasteiger partial charge is 0.478 e. The van der Waals surface area contributed by atoms with Crippen molar-refractivity contribution in [1.82, 2.24) is 4.90 Å². The molecule has 1 aromatic carbocycles. The highest BCUT2D eigenvalue weighted by Gasteiger charge is 2.34. The number of carbonyl (C=O) groups is 4. The second-order valence-electron chi connectivity index (χ2n) is 4.22. The maximum Gasteiger partial charge on any atom is 0.330 e. The van der Waals surface area contributed by atoms with E-state index in [-0.39, 0.29) is 25.0 Å². The monoisotopic (exact) mass is 317 g/mol. The Balaban J connectivity index is 0.000000463. The van der Waals surface area contributed by atoms with Gasteiger partial charge in [0.1, 0.15) is 6.61 Å². The Morgan fingerprint density at radius 3 is 1.96 bits per heavy atom. The maximum atomic E-state index is 11.9. The molecule has 1 aromatic rings. The molecule has 0 saturated carbocycles. The Bertz CT molecular complexity index is 629. The number of amides is 2. The molecule has 23 heavy (non-hydrogen) atoms. The number of benzene rings is 1. The summed E-state index contributed by atoms with van der Waals surface area (Å²) in [7, 11) is 0. The average molecular weight is 317 g/mol. The molecule has 0 atom stereocenters. The fourth-order valence-corrected chi connectivity index (χ4v) is 1.74. The van der Waals surface area contributed by atoms with Crippen LogP contribution >= 0.6 is 0 Å². The van der Waals surface area contributed by atoms with E-state index in [0.29, 0.717) is 11.1 Å². The number of carboxylic acid groups (broad SMARTS) is 1. The molecular formula is C16H15NO6. The minimum atomic E-state index is -0.981. The predicted octanol–water partition coefficient (Wildman–Crippen LogP) is 1.27. The summed E-state index contributed by atoms with van der Waals surface area (Å²) < 4.78 is 4.75. The van der Waals surface area contributed by atoms with Crippen molar-refractivity contribution in [3.8, 4) is 0 Å². The first-order valence-electron chi connectivity index (χ1n) is 6.52. The van der Waals surface area contributed by atoms with Crippen molar-refractivity contribution < 1.29 is 29.0 Å². The summed E-state index contributed by atoms with van der Waals surface area (Å²) in [5.41, 5.74) is 0.773. The molecule has 1 aliphatic rings. The number of fused-ring (bicyclic) bond motifs is 1.